The van der Waals surface area contributed by atoms with Crippen LogP contribution in [0.4, 0.5) is 13.2 Å². The van der Waals surface area contributed by atoms with Gasteiger partial charge in [-0.25, -0.2) is 4.98 Å². The molecule has 0 saturated heterocycles. The van der Waals surface area contributed by atoms with E-state index in [4.69, 9.17) is 0 Å². The monoisotopic (exact) mass is 326 g/mol. The van der Waals surface area contributed by atoms with Gasteiger partial charge in [0, 0.05) is 6.42 Å². The van der Waals surface area contributed by atoms with Crippen molar-refractivity contribution < 1.29 is 18.0 Å². The second-order valence-electron chi connectivity index (χ2n) is 5.30. The number of hydrogen-bond acceptors (Lipinski definition) is 3. The smallest absolute Gasteiger partial charge is 0.349 e. The number of benzene rings is 1. The molecule has 0 bridgehead atoms. The number of alkyl halides is 3. The number of aryl methyl sites for hydroxylation is 1. The van der Waals surface area contributed by atoms with Gasteiger partial charge in [0.2, 0.25) is 5.91 Å². The normalized spacial score (nSPS) is 12.9. The van der Waals surface area contributed by atoms with Crippen LogP contribution in [0.5, 0.6) is 0 Å². The van der Waals surface area contributed by atoms with E-state index in [1.54, 1.807) is 13.8 Å². The van der Waals surface area contributed by atoms with E-state index in [1.165, 1.54) is 18.2 Å². The number of nitrogens with one attached hydrogen (secondary N) is 2. The molecule has 1 atom stereocenters. The lowest BCUT2D eigenvalue weighted by atomic mass is 9.92. The summed E-state index contributed by atoms with van der Waals surface area (Å²) in [5.74, 6) is 0.152. The van der Waals surface area contributed by atoms with Gasteiger partial charge >= 0.3 is 6.18 Å². The second-order valence-corrected chi connectivity index (χ2v) is 5.30. The number of carbonyl (C=O) groups is 1. The summed E-state index contributed by atoms with van der Waals surface area (Å²) < 4.78 is 39.0. The molecule has 8 heteroatoms. The SMILES string of the molecule is Cc1nc(CNC(=O)CC(C)c2ccccc2C(F)(F)F)n[nH]1. The van der Waals surface area contributed by atoms with Crippen molar-refractivity contribution in [1.29, 1.82) is 0 Å². The molecule has 1 heterocycles. The molecule has 1 unspecified atom stereocenters. The van der Waals surface area contributed by atoms with Gasteiger partial charge in [-0.2, -0.15) is 18.3 Å². The van der Waals surface area contributed by atoms with Crippen LogP contribution in [-0.4, -0.2) is 21.1 Å². The van der Waals surface area contributed by atoms with Gasteiger partial charge in [-0.05, 0) is 24.5 Å². The highest BCUT2D eigenvalue weighted by Gasteiger charge is 2.34. The Morgan fingerprint density at radius 2 is 2.04 bits per heavy atom. The lowest BCUT2D eigenvalue weighted by Gasteiger charge is -2.17. The van der Waals surface area contributed by atoms with Crippen LogP contribution in [0.25, 0.3) is 0 Å². The number of rotatable bonds is 5. The molecule has 124 valence electrons. The third-order valence-corrected chi connectivity index (χ3v) is 3.38. The summed E-state index contributed by atoms with van der Waals surface area (Å²) in [6.07, 6.45) is -4.48. The zero-order chi connectivity index (χ0) is 17.0. The van der Waals surface area contributed by atoms with Crippen LogP contribution in [0.1, 0.15) is 42.0 Å². The molecule has 0 fully saturated rings. The van der Waals surface area contributed by atoms with E-state index in [9.17, 15) is 18.0 Å². The number of aromatic nitrogens is 3. The van der Waals surface area contributed by atoms with Crippen molar-refractivity contribution in [3.63, 3.8) is 0 Å². The van der Waals surface area contributed by atoms with Gasteiger partial charge in [-0.1, -0.05) is 25.1 Å². The van der Waals surface area contributed by atoms with Crippen LogP contribution in [-0.2, 0) is 17.5 Å². The zero-order valence-corrected chi connectivity index (χ0v) is 12.7. The summed E-state index contributed by atoms with van der Waals surface area (Å²) in [6.45, 7) is 3.46. The Balaban J connectivity index is 1.99. The van der Waals surface area contributed by atoms with Gasteiger partial charge < -0.3 is 5.32 Å². The van der Waals surface area contributed by atoms with Gasteiger partial charge in [0.15, 0.2) is 5.82 Å². The highest BCUT2D eigenvalue weighted by molar-refractivity contribution is 5.76. The minimum Gasteiger partial charge on any atom is -0.349 e. The summed E-state index contributed by atoms with van der Waals surface area (Å²) in [4.78, 5) is 15.9. The number of hydrogen-bond donors (Lipinski definition) is 2. The zero-order valence-electron chi connectivity index (χ0n) is 12.7. The fourth-order valence-corrected chi connectivity index (χ4v) is 2.29. The molecule has 2 rings (SSSR count). The number of H-pyrrole nitrogens is 1. The third kappa shape index (κ3) is 4.54. The topological polar surface area (TPSA) is 70.7 Å². The Morgan fingerprint density at radius 1 is 1.35 bits per heavy atom. The maximum Gasteiger partial charge on any atom is 0.416 e. The molecule has 0 spiro atoms. The first kappa shape index (κ1) is 17.0. The van der Waals surface area contributed by atoms with E-state index >= 15 is 0 Å². The molecular formula is C15H17F3N4O. The summed E-state index contributed by atoms with van der Waals surface area (Å²) in [5.41, 5.74) is -0.589. The summed E-state index contributed by atoms with van der Waals surface area (Å²) in [7, 11) is 0. The molecule has 1 amide bonds. The summed E-state index contributed by atoms with van der Waals surface area (Å²) >= 11 is 0. The highest BCUT2D eigenvalue weighted by Crippen LogP contribution is 2.35. The van der Waals surface area contributed by atoms with Crippen LogP contribution >= 0.6 is 0 Å². The van der Waals surface area contributed by atoms with Crippen molar-refractivity contribution in [2.24, 2.45) is 0 Å². The third-order valence-electron chi connectivity index (χ3n) is 3.38. The number of carbonyl (C=O) groups excluding carboxylic acids is 1. The van der Waals surface area contributed by atoms with E-state index in [-0.39, 0.29) is 24.4 Å². The van der Waals surface area contributed by atoms with Crippen molar-refractivity contribution in [2.75, 3.05) is 0 Å². The molecule has 2 aromatic rings. The fourth-order valence-electron chi connectivity index (χ4n) is 2.29. The Hall–Kier alpha value is -2.38. The Morgan fingerprint density at radius 3 is 2.65 bits per heavy atom. The minimum absolute atomic E-state index is 0.0451. The molecule has 0 saturated carbocycles. The Kier molecular flexibility index (Phi) is 5.02. The summed E-state index contributed by atoms with van der Waals surface area (Å²) in [5, 5.41) is 9.12. The predicted molar refractivity (Wildman–Crippen MR) is 77.4 cm³/mol. The first-order valence-electron chi connectivity index (χ1n) is 7.08. The van der Waals surface area contributed by atoms with E-state index < -0.39 is 17.7 Å². The van der Waals surface area contributed by atoms with Crippen LogP contribution in [0.2, 0.25) is 0 Å². The van der Waals surface area contributed by atoms with Crippen molar-refractivity contribution >= 4 is 5.91 Å². The standard InChI is InChI=1S/C15H17F3N4O/c1-9(11-5-3-4-6-12(11)15(16,17)18)7-14(23)19-8-13-20-10(2)21-22-13/h3-6,9H,7-8H2,1-2H3,(H,19,23)(H,20,21,22). The van der Waals surface area contributed by atoms with Crippen molar-refractivity contribution in [3.8, 4) is 0 Å². The quantitative estimate of drug-likeness (QED) is 0.887. The number of nitrogens with zero attached hydrogens (tertiary/aromatic N) is 2. The molecule has 0 radical (unpaired) electrons. The van der Waals surface area contributed by atoms with Gasteiger partial charge in [0.05, 0.1) is 12.1 Å². The van der Waals surface area contributed by atoms with Crippen molar-refractivity contribution in [2.45, 2.75) is 38.9 Å². The lowest BCUT2D eigenvalue weighted by Crippen LogP contribution is -2.25. The average molecular weight is 326 g/mol. The molecule has 1 aromatic heterocycles. The van der Waals surface area contributed by atoms with Crippen molar-refractivity contribution in [1.82, 2.24) is 20.5 Å². The maximum absolute atomic E-state index is 13.0. The van der Waals surface area contributed by atoms with Crippen molar-refractivity contribution in [3.05, 3.63) is 47.0 Å². The van der Waals surface area contributed by atoms with Crippen LogP contribution in [0, 0.1) is 6.92 Å². The minimum atomic E-state index is -4.43. The lowest BCUT2D eigenvalue weighted by molar-refractivity contribution is -0.138. The van der Waals surface area contributed by atoms with Gasteiger partial charge in [-0.3, -0.25) is 9.89 Å². The van der Waals surface area contributed by atoms with E-state index in [2.05, 4.69) is 20.5 Å². The first-order valence-corrected chi connectivity index (χ1v) is 7.08. The van der Waals surface area contributed by atoms with Gasteiger partial charge in [0.1, 0.15) is 5.82 Å². The van der Waals surface area contributed by atoms with Gasteiger partial charge in [0.25, 0.3) is 0 Å². The molecule has 2 N–H and O–H groups in total. The summed E-state index contributed by atoms with van der Waals surface area (Å²) in [6, 6.07) is 5.31. The first-order chi connectivity index (χ1) is 10.8. The number of amides is 1. The molecule has 0 aliphatic carbocycles. The maximum atomic E-state index is 13.0. The number of aromatic amines is 1. The molecule has 0 aliphatic heterocycles. The molecular weight excluding hydrogens is 309 g/mol. The number of halogens is 3. The van der Waals surface area contributed by atoms with Crippen LogP contribution in [0.15, 0.2) is 24.3 Å². The molecule has 0 aliphatic rings. The Labute approximate surface area is 131 Å². The van der Waals surface area contributed by atoms with E-state index in [0.29, 0.717) is 11.6 Å². The van der Waals surface area contributed by atoms with Crippen LogP contribution in [0.3, 0.4) is 0 Å². The largest absolute Gasteiger partial charge is 0.416 e. The van der Waals surface area contributed by atoms with E-state index in [1.807, 2.05) is 0 Å². The second kappa shape index (κ2) is 6.80. The fraction of sp³-hybridized carbons (Fsp3) is 0.400. The molecule has 5 nitrogen and oxygen atoms in total. The Bertz CT molecular complexity index is 681. The van der Waals surface area contributed by atoms with Gasteiger partial charge in [-0.15, -0.1) is 0 Å². The average Bonchev–Trinajstić information content (AvgIpc) is 2.90. The van der Waals surface area contributed by atoms with Crippen LogP contribution < -0.4 is 5.32 Å². The van der Waals surface area contributed by atoms with E-state index in [0.717, 1.165) is 6.07 Å². The molecule has 23 heavy (non-hydrogen) atoms. The highest BCUT2D eigenvalue weighted by atomic mass is 19.4. The predicted octanol–water partition coefficient (Wildman–Crippen LogP) is 2.94. The molecule has 1 aromatic carbocycles.